The largest absolute Gasteiger partial charge is 0.465 e. The van der Waals surface area contributed by atoms with E-state index in [2.05, 4.69) is 50.9 Å². The van der Waals surface area contributed by atoms with E-state index in [4.69, 9.17) is 4.42 Å². The zero-order valence-electron chi connectivity index (χ0n) is 14.4. The highest BCUT2D eigenvalue weighted by atomic mass is 16.3. The van der Waals surface area contributed by atoms with Crippen LogP contribution in [0.1, 0.15) is 64.0 Å². The number of rotatable bonds is 9. The van der Waals surface area contributed by atoms with Gasteiger partial charge in [-0.05, 0) is 44.7 Å². The van der Waals surface area contributed by atoms with Gasteiger partial charge in [0.15, 0.2) is 0 Å². The summed E-state index contributed by atoms with van der Waals surface area (Å²) in [6.07, 6.45) is 4.00. The lowest BCUT2D eigenvalue weighted by atomic mass is 10.1. The van der Waals surface area contributed by atoms with Crippen LogP contribution in [0.4, 0.5) is 0 Å². The molecule has 3 nitrogen and oxygen atoms in total. The minimum Gasteiger partial charge on any atom is -0.465 e. The standard InChI is InChI=1S/C18H32N2O/c1-13(2)8-9-20(17-6-7-17)12-18-10-16(15(5)21-18)11-19-14(3)4/h10,13-14,17,19H,6-9,11-12H2,1-5H3. The van der Waals surface area contributed by atoms with E-state index in [1.807, 2.05) is 0 Å². The average Bonchev–Trinajstić information content (AvgIpc) is 3.17. The molecule has 0 radical (unpaired) electrons. The van der Waals surface area contributed by atoms with Crippen LogP contribution in [-0.4, -0.2) is 23.5 Å². The van der Waals surface area contributed by atoms with Crippen molar-refractivity contribution in [2.45, 2.75) is 79.1 Å². The molecule has 0 aliphatic heterocycles. The number of nitrogens with one attached hydrogen (secondary N) is 1. The smallest absolute Gasteiger partial charge is 0.118 e. The van der Waals surface area contributed by atoms with Gasteiger partial charge in [-0.15, -0.1) is 0 Å². The second-order valence-electron chi connectivity index (χ2n) is 7.21. The number of aryl methyl sites for hydroxylation is 1. The predicted octanol–water partition coefficient (Wildman–Crippen LogP) is 4.10. The first-order chi connectivity index (χ1) is 9.95. The van der Waals surface area contributed by atoms with Gasteiger partial charge in [-0.25, -0.2) is 0 Å². The highest BCUT2D eigenvalue weighted by Gasteiger charge is 2.29. The molecule has 1 N–H and O–H groups in total. The lowest BCUT2D eigenvalue weighted by molar-refractivity contribution is 0.220. The van der Waals surface area contributed by atoms with Crippen molar-refractivity contribution in [1.82, 2.24) is 10.2 Å². The van der Waals surface area contributed by atoms with Crippen molar-refractivity contribution >= 4 is 0 Å². The van der Waals surface area contributed by atoms with Gasteiger partial charge in [-0.3, -0.25) is 4.90 Å². The fourth-order valence-electron chi connectivity index (χ4n) is 2.61. The maximum atomic E-state index is 5.98. The lowest BCUT2D eigenvalue weighted by Gasteiger charge is -2.21. The Balaban J connectivity index is 1.92. The van der Waals surface area contributed by atoms with Crippen LogP contribution < -0.4 is 5.32 Å². The van der Waals surface area contributed by atoms with Crippen LogP contribution in [0.3, 0.4) is 0 Å². The second kappa shape index (κ2) is 7.46. The van der Waals surface area contributed by atoms with E-state index in [1.165, 1.54) is 31.4 Å². The molecule has 1 aliphatic carbocycles. The van der Waals surface area contributed by atoms with E-state index in [0.29, 0.717) is 6.04 Å². The molecular weight excluding hydrogens is 260 g/mol. The SMILES string of the molecule is Cc1oc(CN(CCC(C)C)C2CC2)cc1CNC(C)C. The van der Waals surface area contributed by atoms with Gasteiger partial charge in [-0.1, -0.05) is 27.7 Å². The summed E-state index contributed by atoms with van der Waals surface area (Å²) in [5.41, 5.74) is 1.30. The van der Waals surface area contributed by atoms with Gasteiger partial charge < -0.3 is 9.73 Å². The molecule has 21 heavy (non-hydrogen) atoms. The van der Waals surface area contributed by atoms with Crippen LogP contribution in [0.5, 0.6) is 0 Å². The van der Waals surface area contributed by atoms with Crippen LogP contribution in [0, 0.1) is 12.8 Å². The number of nitrogens with zero attached hydrogens (tertiary/aromatic N) is 1. The van der Waals surface area contributed by atoms with Crippen molar-refractivity contribution in [3.63, 3.8) is 0 Å². The molecule has 3 heteroatoms. The quantitative estimate of drug-likeness (QED) is 0.743. The molecule has 1 aromatic heterocycles. The van der Waals surface area contributed by atoms with Gasteiger partial charge >= 0.3 is 0 Å². The molecule has 1 heterocycles. The summed E-state index contributed by atoms with van der Waals surface area (Å²) in [5.74, 6) is 2.97. The van der Waals surface area contributed by atoms with Crippen molar-refractivity contribution in [2.24, 2.45) is 5.92 Å². The molecule has 1 aromatic rings. The maximum Gasteiger partial charge on any atom is 0.118 e. The first kappa shape index (κ1) is 16.6. The molecular formula is C18H32N2O. The second-order valence-corrected chi connectivity index (χ2v) is 7.21. The van der Waals surface area contributed by atoms with Gasteiger partial charge in [0, 0.05) is 24.2 Å². The Labute approximate surface area is 130 Å². The highest BCUT2D eigenvalue weighted by molar-refractivity contribution is 5.21. The first-order valence-corrected chi connectivity index (χ1v) is 8.51. The fraction of sp³-hybridized carbons (Fsp3) is 0.778. The normalized spacial score (nSPS) is 15.6. The van der Waals surface area contributed by atoms with E-state index in [9.17, 15) is 0 Å². The first-order valence-electron chi connectivity index (χ1n) is 8.51. The van der Waals surface area contributed by atoms with Gasteiger partial charge in [-0.2, -0.15) is 0 Å². The lowest BCUT2D eigenvalue weighted by Crippen LogP contribution is -2.27. The van der Waals surface area contributed by atoms with E-state index < -0.39 is 0 Å². The third kappa shape index (κ3) is 5.48. The van der Waals surface area contributed by atoms with Crippen molar-refractivity contribution in [2.75, 3.05) is 6.54 Å². The van der Waals surface area contributed by atoms with E-state index in [1.54, 1.807) is 0 Å². The summed E-state index contributed by atoms with van der Waals surface area (Å²) in [6.45, 7) is 14.1. The summed E-state index contributed by atoms with van der Waals surface area (Å²) in [7, 11) is 0. The third-order valence-electron chi connectivity index (χ3n) is 4.19. The Morgan fingerprint density at radius 3 is 2.57 bits per heavy atom. The predicted molar refractivity (Wildman–Crippen MR) is 88.3 cm³/mol. The number of hydrogen-bond donors (Lipinski definition) is 1. The molecule has 0 atom stereocenters. The molecule has 1 aliphatic rings. The summed E-state index contributed by atoms with van der Waals surface area (Å²) in [6, 6.07) is 3.55. The minimum absolute atomic E-state index is 0.511. The molecule has 0 spiro atoms. The number of furan rings is 1. The minimum atomic E-state index is 0.511. The van der Waals surface area contributed by atoms with E-state index in [-0.39, 0.29) is 0 Å². The molecule has 0 unspecified atom stereocenters. The summed E-state index contributed by atoms with van der Waals surface area (Å²) in [4.78, 5) is 2.61. The average molecular weight is 292 g/mol. The van der Waals surface area contributed by atoms with Crippen LogP contribution in [0.2, 0.25) is 0 Å². The summed E-state index contributed by atoms with van der Waals surface area (Å²) in [5, 5.41) is 3.47. The van der Waals surface area contributed by atoms with Gasteiger partial charge in [0.25, 0.3) is 0 Å². The molecule has 1 saturated carbocycles. The molecule has 2 rings (SSSR count). The van der Waals surface area contributed by atoms with Gasteiger partial charge in [0.05, 0.1) is 6.54 Å². The van der Waals surface area contributed by atoms with Crippen LogP contribution in [0.25, 0.3) is 0 Å². The van der Waals surface area contributed by atoms with Gasteiger partial charge in [0.2, 0.25) is 0 Å². The van der Waals surface area contributed by atoms with Crippen molar-refractivity contribution in [1.29, 1.82) is 0 Å². The Kier molecular flexibility index (Phi) is 5.88. The zero-order chi connectivity index (χ0) is 15.4. The van der Waals surface area contributed by atoms with Crippen molar-refractivity contribution < 1.29 is 4.42 Å². The van der Waals surface area contributed by atoms with E-state index in [0.717, 1.165) is 36.6 Å². The Hall–Kier alpha value is -0.800. The molecule has 120 valence electrons. The Morgan fingerprint density at radius 2 is 2.00 bits per heavy atom. The van der Waals surface area contributed by atoms with Crippen LogP contribution in [0.15, 0.2) is 10.5 Å². The Bertz CT molecular complexity index is 432. The monoisotopic (exact) mass is 292 g/mol. The molecule has 0 aromatic carbocycles. The molecule has 0 amide bonds. The topological polar surface area (TPSA) is 28.4 Å². The van der Waals surface area contributed by atoms with E-state index >= 15 is 0 Å². The molecule has 0 bridgehead atoms. The highest BCUT2D eigenvalue weighted by Crippen LogP contribution is 2.29. The Morgan fingerprint density at radius 1 is 1.29 bits per heavy atom. The van der Waals surface area contributed by atoms with Crippen molar-refractivity contribution in [3.05, 3.63) is 23.2 Å². The summed E-state index contributed by atoms with van der Waals surface area (Å²) < 4.78 is 5.98. The summed E-state index contributed by atoms with van der Waals surface area (Å²) >= 11 is 0. The molecule has 1 fully saturated rings. The number of hydrogen-bond acceptors (Lipinski definition) is 3. The molecule has 0 saturated heterocycles. The fourth-order valence-corrected chi connectivity index (χ4v) is 2.61. The van der Waals surface area contributed by atoms with Crippen LogP contribution in [-0.2, 0) is 13.1 Å². The van der Waals surface area contributed by atoms with Gasteiger partial charge in [0.1, 0.15) is 11.5 Å². The van der Waals surface area contributed by atoms with Crippen molar-refractivity contribution in [3.8, 4) is 0 Å². The third-order valence-corrected chi connectivity index (χ3v) is 4.19. The maximum absolute atomic E-state index is 5.98. The zero-order valence-corrected chi connectivity index (χ0v) is 14.4. The van der Waals surface area contributed by atoms with Crippen LogP contribution >= 0.6 is 0 Å².